The zero-order valence-corrected chi connectivity index (χ0v) is 9.28. The van der Waals surface area contributed by atoms with Crippen molar-refractivity contribution in [2.24, 2.45) is 0 Å². The Hall–Kier alpha value is -0.0500. The first-order valence-corrected chi connectivity index (χ1v) is 7.10. The molecule has 0 saturated heterocycles. The highest BCUT2D eigenvalue weighted by molar-refractivity contribution is 7.92. The normalized spacial score (nSPS) is 20.4. The lowest BCUT2D eigenvalue weighted by molar-refractivity contribution is 0.483. The maximum Gasteiger partial charge on any atom is 0.153 e. The van der Waals surface area contributed by atoms with Crippen molar-refractivity contribution in [1.29, 1.82) is 0 Å². The van der Waals surface area contributed by atoms with Gasteiger partial charge in [-0.3, -0.25) is 0 Å². The van der Waals surface area contributed by atoms with E-state index >= 15 is 0 Å². The minimum atomic E-state index is -2.75. The predicted molar refractivity (Wildman–Crippen MR) is 55.6 cm³/mol. The van der Waals surface area contributed by atoms with Gasteiger partial charge in [0, 0.05) is 0 Å². The van der Waals surface area contributed by atoms with Crippen LogP contribution in [0.5, 0.6) is 0 Å². The second-order valence-corrected chi connectivity index (χ2v) is 6.38. The fourth-order valence-electron chi connectivity index (χ4n) is 1.94. The summed E-state index contributed by atoms with van der Waals surface area (Å²) in [5.74, 6) is 0.411. The Balaban J connectivity index is 2.47. The minimum absolute atomic E-state index is 0.00667. The summed E-state index contributed by atoms with van der Waals surface area (Å²) in [5, 5.41) is -0.00667. The molecule has 0 aromatic heterocycles. The van der Waals surface area contributed by atoms with E-state index < -0.39 is 9.84 Å². The summed E-state index contributed by atoms with van der Waals surface area (Å²) in [7, 11) is -2.75. The third-order valence-electron chi connectivity index (χ3n) is 2.84. The molecule has 0 aromatic carbocycles. The molecule has 0 unspecified atom stereocenters. The van der Waals surface area contributed by atoms with Crippen molar-refractivity contribution in [1.82, 2.24) is 0 Å². The highest BCUT2D eigenvalue weighted by Gasteiger charge is 2.26. The molecule has 0 aliphatic heterocycles. The monoisotopic (exact) mass is 204 g/mol. The Morgan fingerprint density at radius 1 is 1.15 bits per heavy atom. The van der Waals surface area contributed by atoms with Gasteiger partial charge in [-0.25, -0.2) is 8.42 Å². The van der Waals surface area contributed by atoms with E-state index in [4.69, 9.17) is 0 Å². The third kappa shape index (κ3) is 3.29. The fraction of sp³-hybridized carbons (Fsp3) is 1.00. The predicted octanol–water partition coefficient (Wildman–Crippen LogP) is 2.53. The van der Waals surface area contributed by atoms with Crippen molar-refractivity contribution in [3.8, 4) is 0 Å². The van der Waals surface area contributed by atoms with Crippen LogP contribution < -0.4 is 0 Å². The van der Waals surface area contributed by atoms with Crippen LogP contribution in [0, 0.1) is 0 Å². The van der Waals surface area contributed by atoms with Gasteiger partial charge in [0.1, 0.15) is 0 Å². The standard InChI is InChI=1S/C10H20O2S/c1-2-3-9-13(11,12)10-7-5-4-6-8-10/h10H,2-9H2,1H3. The maximum absolute atomic E-state index is 11.7. The van der Waals surface area contributed by atoms with Gasteiger partial charge in [0.15, 0.2) is 9.84 Å². The molecule has 0 atom stereocenters. The Bertz CT molecular complexity index is 225. The van der Waals surface area contributed by atoms with E-state index in [1.54, 1.807) is 0 Å². The van der Waals surface area contributed by atoms with Crippen LogP contribution in [0.25, 0.3) is 0 Å². The largest absolute Gasteiger partial charge is 0.229 e. The van der Waals surface area contributed by atoms with E-state index in [1.165, 1.54) is 6.42 Å². The molecule has 13 heavy (non-hydrogen) atoms. The lowest BCUT2D eigenvalue weighted by Crippen LogP contribution is -2.26. The Morgan fingerprint density at radius 2 is 1.77 bits per heavy atom. The van der Waals surface area contributed by atoms with Crippen LogP contribution in [0.2, 0.25) is 0 Å². The summed E-state index contributed by atoms with van der Waals surface area (Å²) in [6.45, 7) is 2.04. The molecule has 0 heterocycles. The van der Waals surface area contributed by atoms with Crippen LogP contribution in [0.15, 0.2) is 0 Å². The molecule has 0 N–H and O–H groups in total. The molecule has 0 radical (unpaired) electrons. The van der Waals surface area contributed by atoms with Crippen molar-refractivity contribution in [2.75, 3.05) is 5.75 Å². The van der Waals surface area contributed by atoms with Gasteiger partial charge in [0.25, 0.3) is 0 Å². The molecule has 1 saturated carbocycles. The highest BCUT2D eigenvalue weighted by Crippen LogP contribution is 2.24. The van der Waals surface area contributed by atoms with Gasteiger partial charge >= 0.3 is 0 Å². The molecule has 1 fully saturated rings. The lowest BCUT2D eigenvalue weighted by Gasteiger charge is -2.21. The highest BCUT2D eigenvalue weighted by atomic mass is 32.2. The van der Waals surface area contributed by atoms with Crippen LogP contribution in [0.3, 0.4) is 0 Å². The summed E-state index contributed by atoms with van der Waals surface area (Å²) < 4.78 is 23.5. The number of rotatable bonds is 4. The Labute approximate surface area is 81.6 Å². The minimum Gasteiger partial charge on any atom is -0.229 e. The van der Waals surface area contributed by atoms with E-state index in [2.05, 4.69) is 0 Å². The average molecular weight is 204 g/mol. The van der Waals surface area contributed by atoms with Gasteiger partial charge in [-0.1, -0.05) is 32.6 Å². The second-order valence-electron chi connectivity index (χ2n) is 3.98. The molecule has 0 spiro atoms. The van der Waals surface area contributed by atoms with Crippen LogP contribution in [-0.4, -0.2) is 19.4 Å². The van der Waals surface area contributed by atoms with E-state index in [0.717, 1.165) is 38.5 Å². The fourth-order valence-corrected chi connectivity index (χ4v) is 4.01. The number of unbranched alkanes of at least 4 members (excludes halogenated alkanes) is 1. The van der Waals surface area contributed by atoms with Gasteiger partial charge in [0.2, 0.25) is 0 Å². The van der Waals surface area contributed by atoms with Gasteiger partial charge in [-0.2, -0.15) is 0 Å². The van der Waals surface area contributed by atoms with E-state index in [0.29, 0.717) is 5.75 Å². The van der Waals surface area contributed by atoms with Crippen molar-refractivity contribution in [2.45, 2.75) is 57.1 Å². The van der Waals surface area contributed by atoms with Gasteiger partial charge in [-0.15, -0.1) is 0 Å². The first kappa shape index (κ1) is 11.0. The molecular formula is C10H20O2S. The van der Waals surface area contributed by atoms with Crippen LogP contribution in [-0.2, 0) is 9.84 Å². The van der Waals surface area contributed by atoms with Crippen LogP contribution in [0.4, 0.5) is 0 Å². The molecule has 0 aromatic rings. The lowest BCUT2D eigenvalue weighted by atomic mass is 10.0. The van der Waals surface area contributed by atoms with Crippen molar-refractivity contribution in [3.63, 3.8) is 0 Å². The third-order valence-corrected chi connectivity index (χ3v) is 5.19. The molecule has 1 aliphatic rings. The summed E-state index contributed by atoms with van der Waals surface area (Å²) in [6.07, 6.45) is 7.06. The first-order chi connectivity index (χ1) is 6.17. The Morgan fingerprint density at radius 3 is 2.31 bits per heavy atom. The summed E-state index contributed by atoms with van der Waals surface area (Å²) in [4.78, 5) is 0. The van der Waals surface area contributed by atoms with Gasteiger partial charge in [0.05, 0.1) is 11.0 Å². The van der Waals surface area contributed by atoms with Gasteiger partial charge < -0.3 is 0 Å². The average Bonchev–Trinajstić information content (AvgIpc) is 2.16. The van der Waals surface area contributed by atoms with Crippen LogP contribution >= 0.6 is 0 Å². The maximum atomic E-state index is 11.7. The molecule has 0 bridgehead atoms. The molecular weight excluding hydrogens is 184 g/mol. The molecule has 78 valence electrons. The van der Waals surface area contributed by atoms with Crippen LogP contribution in [0.1, 0.15) is 51.9 Å². The summed E-state index contributed by atoms with van der Waals surface area (Å²) >= 11 is 0. The molecule has 1 rings (SSSR count). The Kier molecular flexibility index (Phi) is 4.23. The van der Waals surface area contributed by atoms with Gasteiger partial charge in [-0.05, 0) is 19.3 Å². The van der Waals surface area contributed by atoms with Crippen molar-refractivity contribution < 1.29 is 8.42 Å². The van der Waals surface area contributed by atoms with E-state index in [-0.39, 0.29) is 5.25 Å². The topological polar surface area (TPSA) is 34.1 Å². The van der Waals surface area contributed by atoms with E-state index in [1.807, 2.05) is 6.92 Å². The SMILES string of the molecule is CCCCS(=O)(=O)C1CCCCC1. The number of hydrogen-bond acceptors (Lipinski definition) is 2. The summed E-state index contributed by atoms with van der Waals surface area (Å²) in [6, 6.07) is 0. The molecule has 1 aliphatic carbocycles. The quantitative estimate of drug-likeness (QED) is 0.705. The summed E-state index contributed by atoms with van der Waals surface area (Å²) in [5.41, 5.74) is 0. The van der Waals surface area contributed by atoms with Crippen molar-refractivity contribution >= 4 is 9.84 Å². The smallest absolute Gasteiger partial charge is 0.153 e. The number of sulfone groups is 1. The first-order valence-electron chi connectivity index (χ1n) is 5.38. The zero-order valence-electron chi connectivity index (χ0n) is 8.46. The van der Waals surface area contributed by atoms with Crippen molar-refractivity contribution in [3.05, 3.63) is 0 Å². The molecule has 0 amide bonds. The van der Waals surface area contributed by atoms with E-state index in [9.17, 15) is 8.42 Å². The zero-order chi connectivity index (χ0) is 9.73. The molecule has 2 nitrogen and oxygen atoms in total. The second kappa shape index (κ2) is 4.99. The number of hydrogen-bond donors (Lipinski definition) is 0. The molecule has 3 heteroatoms.